The van der Waals surface area contributed by atoms with Crippen molar-refractivity contribution >= 4 is 56.8 Å². The zero-order valence-electron chi connectivity index (χ0n) is 36.7. The minimum atomic E-state index is -5.17. The monoisotopic (exact) mass is 928 g/mol. The SMILES string of the molecule is CCOc1cc(N(C(=O)c2ccccc2)C(=O)c2ccccc2)c(OCC)cc1[N+]#N.CCOc1cc(N(C(=O)c2ccccc2)C(=O)c2ccccc2)c(OCC)cc1[N+]#N.O=S(=O)([O-])[O-]. The first-order valence-electron chi connectivity index (χ1n) is 20.4. The molecule has 0 bridgehead atoms. The van der Waals surface area contributed by atoms with Crippen LogP contribution in [-0.4, -0.2) is 67.6 Å². The molecule has 0 atom stereocenters. The van der Waals surface area contributed by atoms with Gasteiger partial charge in [-0.3, -0.25) is 27.6 Å². The molecule has 0 fully saturated rings. The number of hydrogen-bond donors (Lipinski definition) is 0. The number of imide groups is 2. The quantitative estimate of drug-likeness (QED) is 0.0427. The second-order valence-electron chi connectivity index (χ2n) is 13.3. The average Bonchev–Trinajstić information content (AvgIpc) is 3.34. The Morgan fingerprint density at radius 3 is 0.881 bits per heavy atom. The third-order valence-electron chi connectivity index (χ3n) is 8.87. The van der Waals surface area contributed by atoms with E-state index in [0.29, 0.717) is 35.5 Å². The first-order valence-corrected chi connectivity index (χ1v) is 21.8. The molecule has 0 aliphatic carbocycles. The summed E-state index contributed by atoms with van der Waals surface area (Å²) < 4.78 is 56.6. The van der Waals surface area contributed by atoms with Crippen LogP contribution in [0.2, 0.25) is 0 Å². The Morgan fingerprint density at radius 2 is 0.672 bits per heavy atom. The molecule has 18 nitrogen and oxygen atoms in total. The summed E-state index contributed by atoms with van der Waals surface area (Å²) in [7, 11) is -5.17. The Morgan fingerprint density at radius 1 is 0.448 bits per heavy atom. The van der Waals surface area contributed by atoms with Crippen LogP contribution in [-0.2, 0) is 10.4 Å². The van der Waals surface area contributed by atoms with Crippen molar-refractivity contribution in [1.82, 2.24) is 0 Å². The molecule has 6 aromatic rings. The maximum atomic E-state index is 13.5. The normalized spacial score (nSPS) is 10.2. The number of hydrogen-bond acceptors (Lipinski definition) is 14. The molecule has 0 spiro atoms. The van der Waals surface area contributed by atoms with E-state index in [1.165, 1.54) is 24.3 Å². The fraction of sp³-hybridized carbons (Fsp3) is 0.167. The van der Waals surface area contributed by atoms with Crippen LogP contribution in [0.4, 0.5) is 22.7 Å². The number of benzene rings is 6. The molecule has 0 N–H and O–H groups in total. The van der Waals surface area contributed by atoms with Gasteiger partial charge in [0.25, 0.3) is 23.6 Å². The van der Waals surface area contributed by atoms with Crippen LogP contribution in [0.1, 0.15) is 69.1 Å². The van der Waals surface area contributed by atoms with E-state index >= 15 is 0 Å². The lowest BCUT2D eigenvalue weighted by atomic mass is 10.1. The van der Waals surface area contributed by atoms with Gasteiger partial charge in [-0.2, -0.15) is 0 Å². The number of amides is 4. The Kier molecular flexibility index (Phi) is 19.2. The first kappa shape index (κ1) is 51.1. The van der Waals surface area contributed by atoms with E-state index in [9.17, 15) is 30.0 Å². The summed E-state index contributed by atoms with van der Waals surface area (Å²) in [6.45, 7) is 8.26. The maximum absolute atomic E-state index is 13.5. The van der Waals surface area contributed by atoms with Crippen molar-refractivity contribution in [3.8, 4) is 23.0 Å². The van der Waals surface area contributed by atoms with E-state index in [2.05, 4.69) is 9.95 Å². The Hall–Kier alpha value is -8.49. The Balaban J connectivity index is 0.000000266. The minimum Gasteiger partial charge on any atom is -0.759 e. The van der Waals surface area contributed by atoms with Crippen molar-refractivity contribution in [3.63, 3.8) is 0 Å². The standard InChI is InChI=1S/2C24H22N3O4.H2O4S/c2*1-3-30-21-16-20(22(31-4-2)15-19(21)26-25)27(23(28)17-11-7-5-8-12-17)24(29)18-13-9-6-10-14-18;1-5(2,3)4/h2*5-16H,3-4H2,1-2H3;(H2,1,2,3,4)/q2*+1;/p-2. The van der Waals surface area contributed by atoms with Gasteiger partial charge in [-0.05, 0) is 76.2 Å². The molecular weight excluding hydrogens is 885 g/mol. The van der Waals surface area contributed by atoms with Crippen molar-refractivity contribution in [2.45, 2.75) is 27.7 Å². The second-order valence-corrected chi connectivity index (χ2v) is 14.1. The van der Waals surface area contributed by atoms with Crippen LogP contribution in [0.3, 0.4) is 0 Å². The van der Waals surface area contributed by atoms with Crippen LogP contribution in [0.5, 0.6) is 23.0 Å². The molecule has 6 rings (SSSR count). The predicted molar refractivity (Wildman–Crippen MR) is 246 cm³/mol. The molecule has 0 aliphatic rings. The molecule has 344 valence electrons. The fourth-order valence-corrected chi connectivity index (χ4v) is 6.13. The maximum Gasteiger partial charge on any atom is 0.430 e. The Bertz CT molecular complexity index is 2550. The molecule has 4 amide bonds. The highest BCUT2D eigenvalue weighted by atomic mass is 32.3. The van der Waals surface area contributed by atoms with E-state index in [1.54, 1.807) is 149 Å². The molecule has 0 radical (unpaired) electrons. The number of rotatable bonds is 14. The second kappa shape index (κ2) is 25.1. The third-order valence-corrected chi connectivity index (χ3v) is 8.87. The molecular formula is C48H44N6O12S. The highest BCUT2D eigenvalue weighted by Crippen LogP contribution is 2.43. The summed E-state index contributed by atoms with van der Waals surface area (Å²) in [5, 5.41) is 18.8. The predicted octanol–water partition coefficient (Wildman–Crippen LogP) is 9.57. The summed E-state index contributed by atoms with van der Waals surface area (Å²) in [5.74, 6) is -1.22. The van der Waals surface area contributed by atoms with Crippen molar-refractivity contribution in [3.05, 3.63) is 178 Å². The lowest BCUT2D eigenvalue weighted by molar-refractivity contribution is 0.0881. The van der Waals surface area contributed by atoms with Gasteiger partial charge in [0.1, 0.15) is 0 Å². The highest BCUT2D eigenvalue weighted by Gasteiger charge is 2.34. The lowest BCUT2D eigenvalue weighted by Gasteiger charge is -2.23. The molecule has 0 saturated carbocycles. The van der Waals surface area contributed by atoms with Crippen molar-refractivity contribution in [2.75, 3.05) is 36.2 Å². The first-order chi connectivity index (χ1) is 32.2. The van der Waals surface area contributed by atoms with Gasteiger partial charge in [-0.15, -0.1) is 0 Å². The summed E-state index contributed by atoms with van der Waals surface area (Å²) in [5.41, 5.74) is 2.00. The third kappa shape index (κ3) is 14.3. The molecule has 0 unspecified atom stereocenters. The van der Waals surface area contributed by atoms with Crippen LogP contribution in [0.25, 0.3) is 9.95 Å². The number of carbonyl (C=O) groups excluding carboxylic acids is 4. The molecule has 0 aromatic heterocycles. The van der Waals surface area contributed by atoms with Crippen LogP contribution >= 0.6 is 0 Å². The van der Waals surface area contributed by atoms with E-state index in [4.69, 9.17) is 36.5 Å². The topological polar surface area (TPSA) is 248 Å². The van der Waals surface area contributed by atoms with Gasteiger partial charge in [-0.1, -0.05) is 72.8 Å². The number of anilines is 2. The minimum absolute atomic E-state index is 0.133. The lowest BCUT2D eigenvalue weighted by Crippen LogP contribution is -2.37. The van der Waals surface area contributed by atoms with Crippen LogP contribution in [0.15, 0.2) is 146 Å². The molecule has 0 aliphatic heterocycles. The molecule has 0 saturated heterocycles. The van der Waals surface area contributed by atoms with Gasteiger partial charge in [-0.25, -0.2) is 9.80 Å². The van der Waals surface area contributed by atoms with E-state index in [-0.39, 0.29) is 59.0 Å². The zero-order chi connectivity index (χ0) is 48.9. The largest absolute Gasteiger partial charge is 0.759 e. The van der Waals surface area contributed by atoms with Crippen molar-refractivity contribution < 1.29 is 55.6 Å². The zero-order valence-corrected chi connectivity index (χ0v) is 37.5. The van der Waals surface area contributed by atoms with Gasteiger partial charge < -0.3 is 28.1 Å². The van der Waals surface area contributed by atoms with Crippen molar-refractivity contribution in [2.24, 2.45) is 0 Å². The highest BCUT2D eigenvalue weighted by molar-refractivity contribution is 7.79. The van der Waals surface area contributed by atoms with Gasteiger partial charge in [0, 0.05) is 44.8 Å². The van der Waals surface area contributed by atoms with E-state index in [0.717, 1.165) is 9.80 Å². The van der Waals surface area contributed by atoms with Gasteiger partial charge in [0.05, 0.1) is 49.9 Å². The fourth-order valence-electron chi connectivity index (χ4n) is 6.13. The number of nitrogens with zero attached hydrogens (tertiary/aromatic N) is 6. The number of carbonyl (C=O) groups is 4. The summed E-state index contributed by atoms with van der Waals surface area (Å²) in [4.78, 5) is 62.5. The Labute approximate surface area is 386 Å². The molecule has 67 heavy (non-hydrogen) atoms. The summed E-state index contributed by atoms with van der Waals surface area (Å²) in [6.07, 6.45) is 0. The smallest absolute Gasteiger partial charge is 0.430 e. The van der Waals surface area contributed by atoms with Gasteiger partial charge in [0.15, 0.2) is 21.5 Å². The van der Waals surface area contributed by atoms with Gasteiger partial charge in [0.2, 0.25) is 22.3 Å². The number of ether oxygens (including phenoxy) is 4. The average molecular weight is 929 g/mol. The van der Waals surface area contributed by atoms with Crippen molar-refractivity contribution in [1.29, 1.82) is 10.8 Å². The molecule has 19 heteroatoms. The summed E-state index contributed by atoms with van der Waals surface area (Å²) >= 11 is 0. The van der Waals surface area contributed by atoms with Gasteiger partial charge >= 0.3 is 11.4 Å². The molecule has 6 aromatic carbocycles. The van der Waals surface area contributed by atoms with Crippen LogP contribution < -0.4 is 28.7 Å². The summed E-state index contributed by atoms with van der Waals surface area (Å²) in [6, 6.07) is 39.8. The van der Waals surface area contributed by atoms with E-state index < -0.39 is 34.0 Å². The van der Waals surface area contributed by atoms with Crippen LogP contribution in [0, 0.1) is 10.8 Å². The van der Waals surface area contributed by atoms with E-state index in [1.807, 2.05) is 0 Å². The number of diazo groups is 2. The molecule has 0 heterocycles.